The molecule has 0 aliphatic rings. The summed E-state index contributed by atoms with van der Waals surface area (Å²) >= 11 is 6.01. The van der Waals surface area contributed by atoms with Crippen LogP contribution in [0.2, 0.25) is 5.02 Å². The fraction of sp³-hybridized carbons (Fsp3) is 0.167. The number of benzene rings is 3. The van der Waals surface area contributed by atoms with Crippen molar-refractivity contribution in [3.63, 3.8) is 0 Å². The van der Waals surface area contributed by atoms with E-state index in [4.69, 9.17) is 16.3 Å². The molecule has 3 N–H and O–H groups in total. The van der Waals surface area contributed by atoms with Crippen LogP contribution >= 0.6 is 11.6 Å². The first-order valence-electron chi connectivity index (χ1n) is 10.3. The third kappa shape index (κ3) is 6.80. The molecule has 2 amide bonds. The molecule has 3 rings (SSSR count). The van der Waals surface area contributed by atoms with E-state index in [0.717, 1.165) is 5.56 Å². The molecule has 34 heavy (non-hydrogen) atoms. The van der Waals surface area contributed by atoms with Crippen molar-refractivity contribution in [2.24, 2.45) is 0 Å². The van der Waals surface area contributed by atoms with E-state index in [9.17, 15) is 18.0 Å². The summed E-state index contributed by atoms with van der Waals surface area (Å²) in [6, 6.07) is 18.6. The van der Waals surface area contributed by atoms with Crippen LogP contribution in [0.5, 0.6) is 5.75 Å². The average molecular weight is 502 g/mol. The number of nitrogens with one attached hydrogen (secondary N) is 3. The van der Waals surface area contributed by atoms with Crippen molar-refractivity contribution < 1.29 is 22.7 Å². The number of ether oxygens (including phenoxy) is 1. The molecule has 8 nitrogen and oxygen atoms in total. The second kappa shape index (κ2) is 11.1. The Bertz CT molecular complexity index is 1270. The van der Waals surface area contributed by atoms with Gasteiger partial charge in [-0.3, -0.25) is 9.59 Å². The fourth-order valence-corrected chi connectivity index (χ4v) is 4.85. The number of carbonyl (C=O) groups excluding carboxylic acids is 2. The maximum Gasteiger partial charge on any atom is 0.245 e. The summed E-state index contributed by atoms with van der Waals surface area (Å²) in [7, 11) is -2.82. The molecule has 0 aromatic heterocycles. The molecule has 0 fully saturated rings. The standard InChI is InChI=1S/C24H24ClN3O5S/c1-16(29)26-19-9-11-20(12-10-19)27-24(30)21(14-17-6-4-3-5-7-17)28-34(31,32)23-15-18(25)8-13-22(23)33-2/h3-13,15,21,28H,14H2,1-2H3,(H,26,29)(H,27,30). The largest absolute Gasteiger partial charge is 0.495 e. The Morgan fingerprint density at radius 3 is 2.15 bits per heavy atom. The van der Waals surface area contributed by atoms with Crippen LogP contribution in [-0.2, 0) is 26.0 Å². The van der Waals surface area contributed by atoms with Gasteiger partial charge in [-0.25, -0.2) is 8.42 Å². The van der Waals surface area contributed by atoms with Gasteiger partial charge in [0.15, 0.2) is 0 Å². The van der Waals surface area contributed by atoms with E-state index >= 15 is 0 Å². The molecule has 0 bridgehead atoms. The number of amides is 2. The summed E-state index contributed by atoms with van der Waals surface area (Å²) in [4.78, 5) is 24.2. The van der Waals surface area contributed by atoms with Crippen LogP contribution in [0.4, 0.5) is 11.4 Å². The smallest absolute Gasteiger partial charge is 0.245 e. The highest BCUT2D eigenvalue weighted by Crippen LogP contribution is 2.27. The van der Waals surface area contributed by atoms with Crippen molar-refractivity contribution in [1.82, 2.24) is 4.72 Å². The third-order valence-electron chi connectivity index (χ3n) is 4.78. The SMILES string of the molecule is COc1ccc(Cl)cc1S(=O)(=O)NC(Cc1ccccc1)C(=O)Nc1ccc(NC(C)=O)cc1. The van der Waals surface area contributed by atoms with Gasteiger partial charge in [-0.15, -0.1) is 0 Å². The van der Waals surface area contributed by atoms with Gasteiger partial charge in [0.05, 0.1) is 7.11 Å². The molecule has 0 saturated heterocycles. The van der Waals surface area contributed by atoms with Gasteiger partial charge < -0.3 is 15.4 Å². The quantitative estimate of drug-likeness (QED) is 0.412. The van der Waals surface area contributed by atoms with Gasteiger partial charge in [0.2, 0.25) is 21.8 Å². The maximum absolute atomic E-state index is 13.2. The zero-order valence-electron chi connectivity index (χ0n) is 18.5. The van der Waals surface area contributed by atoms with Gasteiger partial charge in [-0.05, 0) is 54.4 Å². The highest BCUT2D eigenvalue weighted by Gasteiger charge is 2.28. The minimum Gasteiger partial charge on any atom is -0.495 e. The molecule has 0 aliphatic carbocycles. The number of hydrogen-bond acceptors (Lipinski definition) is 5. The van der Waals surface area contributed by atoms with E-state index < -0.39 is 22.0 Å². The Morgan fingerprint density at radius 1 is 0.941 bits per heavy atom. The topological polar surface area (TPSA) is 114 Å². The number of halogens is 1. The molecule has 0 spiro atoms. The van der Waals surface area contributed by atoms with E-state index in [1.54, 1.807) is 48.5 Å². The van der Waals surface area contributed by atoms with E-state index in [0.29, 0.717) is 11.4 Å². The molecule has 0 heterocycles. The van der Waals surface area contributed by atoms with Gasteiger partial charge in [0.1, 0.15) is 16.7 Å². The summed E-state index contributed by atoms with van der Waals surface area (Å²) < 4.78 is 34.1. The zero-order valence-corrected chi connectivity index (χ0v) is 20.1. The molecule has 1 unspecified atom stereocenters. The molecule has 1 atom stereocenters. The number of anilines is 2. The number of carbonyl (C=O) groups is 2. The van der Waals surface area contributed by atoms with Gasteiger partial charge >= 0.3 is 0 Å². The van der Waals surface area contributed by atoms with Gasteiger partial charge in [-0.1, -0.05) is 41.9 Å². The van der Waals surface area contributed by atoms with Crippen LogP contribution in [0, 0.1) is 0 Å². The summed E-state index contributed by atoms with van der Waals surface area (Å²) in [6.45, 7) is 1.39. The minimum absolute atomic E-state index is 0.101. The molecule has 3 aromatic rings. The molecule has 10 heteroatoms. The first kappa shape index (κ1) is 25.2. The van der Waals surface area contributed by atoms with Crippen LogP contribution in [0.25, 0.3) is 0 Å². The zero-order chi connectivity index (χ0) is 24.7. The first-order valence-corrected chi connectivity index (χ1v) is 12.1. The number of hydrogen-bond donors (Lipinski definition) is 3. The van der Waals surface area contributed by atoms with Crippen molar-refractivity contribution in [2.75, 3.05) is 17.7 Å². The highest BCUT2D eigenvalue weighted by atomic mass is 35.5. The lowest BCUT2D eigenvalue weighted by atomic mass is 10.1. The van der Waals surface area contributed by atoms with Crippen molar-refractivity contribution in [3.05, 3.63) is 83.4 Å². The lowest BCUT2D eigenvalue weighted by Gasteiger charge is -2.20. The Balaban J connectivity index is 1.87. The summed E-state index contributed by atoms with van der Waals surface area (Å²) in [5, 5.41) is 5.57. The molecule has 178 valence electrons. The Labute approximate surface area is 203 Å². The fourth-order valence-electron chi connectivity index (χ4n) is 3.22. The average Bonchev–Trinajstić information content (AvgIpc) is 2.80. The van der Waals surface area contributed by atoms with E-state index in [1.807, 2.05) is 6.07 Å². The minimum atomic E-state index is -4.17. The van der Waals surface area contributed by atoms with Crippen molar-refractivity contribution in [1.29, 1.82) is 0 Å². The van der Waals surface area contributed by atoms with Crippen molar-refractivity contribution in [3.8, 4) is 5.75 Å². The summed E-state index contributed by atoms with van der Waals surface area (Å²) in [5.41, 5.74) is 1.78. The Kier molecular flexibility index (Phi) is 8.27. The van der Waals surface area contributed by atoms with Crippen LogP contribution < -0.4 is 20.1 Å². The lowest BCUT2D eigenvalue weighted by molar-refractivity contribution is -0.117. The molecular weight excluding hydrogens is 478 g/mol. The van der Waals surface area contributed by atoms with Gasteiger partial charge in [0, 0.05) is 23.3 Å². The molecule has 0 aliphatic heterocycles. The Morgan fingerprint density at radius 2 is 1.56 bits per heavy atom. The predicted octanol–water partition coefficient (Wildman–Crippen LogP) is 3.84. The second-order valence-corrected chi connectivity index (χ2v) is 9.53. The predicted molar refractivity (Wildman–Crippen MR) is 132 cm³/mol. The second-order valence-electron chi connectivity index (χ2n) is 7.41. The normalized spacial score (nSPS) is 12.0. The molecule has 3 aromatic carbocycles. The molecule has 0 radical (unpaired) electrons. The van der Waals surface area contributed by atoms with Crippen LogP contribution in [-0.4, -0.2) is 33.4 Å². The van der Waals surface area contributed by atoms with Crippen LogP contribution in [0.3, 0.4) is 0 Å². The van der Waals surface area contributed by atoms with Crippen molar-refractivity contribution in [2.45, 2.75) is 24.3 Å². The van der Waals surface area contributed by atoms with Gasteiger partial charge in [-0.2, -0.15) is 4.72 Å². The van der Waals surface area contributed by atoms with E-state index in [-0.39, 0.29) is 28.0 Å². The third-order valence-corrected chi connectivity index (χ3v) is 6.51. The van der Waals surface area contributed by atoms with E-state index in [1.165, 1.54) is 32.2 Å². The Hall–Kier alpha value is -3.40. The summed E-state index contributed by atoms with van der Waals surface area (Å²) in [5.74, 6) is -0.671. The number of rotatable bonds is 9. The van der Waals surface area contributed by atoms with E-state index in [2.05, 4.69) is 15.4 Å². The molecular formula is C24H24ClN3O5S. The van der Waals surface area contributed by atoms with Crippen LogP contribution in [0.15, 0.2) is 77.7 Å². The number of sulfonamides is 1. The first-order chi connectivity index (χ1) is 16.2. The monoisotopic (exact) mass is 501 g/mol. The van der Waals surface area contributed by atoms with Crippen LogP contribution in [0.1, 0.15) is 12.5 Å². The van der Waals surface area contributed by atoms with Crippen molar-refractivity contribution >= 4 is 44.8 Å². The number of methoxy groups -OCH3 is 1. The lowest BCUT2D eigenvalue weighted by Crippen LogP contribution is -2.45. The maximum atomic E-state index is 13.2. The van der Waals surface area contributed by atoms with Gasteiger partial charge in [0.25, 0.3) is 0 Å². The summed E-state index contributed by atoms with van der Waals surface area (Å²) in [6.07, 6.45) is 0.110. The molecule has 0 saturated carbocycles. The highest BCUT2D eigenvalue weighted by molar-refractivity contribution is 7.89.